The summed E-state index contributed by atoms with van der Waals surface area (Å²) >= 11 is 0. The van der Waals surface area contributed by atoms with Crippen molar-refractivity contribution < 1.29 is 16.5 Å². The normalized spacial score (nSPS) is 11.9. The van der Waals surface area contributed by atoms with Gasteiger partial charge in [-0.15, -0.1) is 0 Å². The summed E-state index contributed by atoms with van der Waals surface area (Å²) in [5, 5.41) is 0. The maximum absolute atomic E-state index is 5.37. The van der Waals surface area contributed by atoms with Crippen molar-refractivity contribution in [1.82, 2.24) is 0 Å². The zero-order valence-electron chi connectivity index (χ0n) is 41.2. The summed E-state index contributed by atoms with van der Waals surface area (Å²) in [5.41, 5.74) is 7.03. The van der Waals surface area contributed by atoms with Gasteiger partial charge in [0.2, 0.25) is 0 Å². The van der Waals surface area contributed by atoms with Gasteiger partial charge in [0.05, 0.1) is 22.8 Å². The number of anilines is 2. The number of benzene rings is 2. The molecule has 2 rings (SSSR count). The third-order valence-corrected chi connectivity index (χ3v) is 12.9. The summed E-state index contributed by atoms with van der Waals surface area (Å²) in [6.07, 6.45) is 44.0. The maximum atomic E-state index is 5.37. The molecule has 5 heteroatoms. The largest absolute Gasteiger partial charge is 0.372 e. The van der Waals surface area contributed by atoms with Gasteiger partial charge in [-0.05, 0) is 102 Å². The molecule has 0 heterocycles. The zero-order valence-corrected chi connectivity index (χ0v) is 42.2. The second-order valence-corrected chi connectivity index (χ2v) is 17.9. The van der Waals surface area contributed by atoms with Crippen molar-refractivity contribution in [2.45, 2.75) is 247 Å². The third kappa shape index (κ3) is 28.3. The second-order valence-electron chi connectivity index (χ2n) is 17.9. The zero-order chi connectivity index (χ0) is 43.1. The molecule has 61 heavy (non-hydrogen) atoms. The van der Waals surface area contributed by atoms with Crippen LogP contribution in [0, 0.1) is 0 Å². The van der Waals surface area contributed by atoms with E-state index in [2.05, 4.69) is 99.9 Å². The molecule has 0 bridgehead atoms. The first-order valence-electron chi connectivity index (χ1n) is 26.4. The molecule has 4 nitrogen and oxygen atoms in total. The van der Waals surface area contributed by atoms with E-state index in [-0.39, 0.29) is 16.5 Å². The Morgan fingerprint density at radius 2 is 0.525 bits per heavy atom. The molecule has 0 aliphatic rings. The van der Waals surface area contributed by atoms with Gasteiger partial charge in [-0.1, -0.05) is 194 Å². The summed E-state index contributed by atoms with van der Waals surface area (Å²) in [6, 6.07) is 17.8. The Balaban J connectivity index is 0.0000186. The molecule has 0 aliphatic heterocycles. The van der Waals surface area contributed by atoms with Gasteiger partial charge >= 0.3 is 0 Å². The van der Waals surface area contributed by atoms with Gasteiger partial charge in [0.1, 0.15) is 0 Å². The van der Waals surface area contributed by atoms with Crippen LogP contribution in [0.15, 0.2) is 58.5 Å². The van der Waals surface area contributed by atoms with Gasteiger partial charge in [0, 0.05) is 54.0 Å². The third-order valence-electron chi connectivity index (χ3n) is 12.9. The van der Waals surface area contributed by atoms with Gasteiger partial charge in [-0.3, -0.25) is 9.98 Å². The Morgan fingerprint density at radius 1 is 0.311 bits per heavy atom. The molecular weight excluding hydrogens is 787 g/mol. The minimum absolute atomic E-state index is 0. The molecular formula is C56H98N4Ni. The minimum Gasteiger partial charge on any atom is -0.372 e. The average molecular weight is 886 g/mol. The molecule has 0 unspecified atom stereocenters. The Labute approximate surface area is 390 Å². The van der Waals surface area contributed by atoms with Crippen LogP contribution in [-0.4, -0.2) is 37.6 Å². The van der Waals surface area contributed by atoms with E-state index in [1.54, 1.807) is 0 Å². The predicted molar refractivity (Wildman–Crippen MR) is 273 cm³/mol. The van der Waals surface area contributed by atoms with Crippen molar-refractivity contribution in [3.05, 3.63) is 48.5 Å². The molecule has 352 valence electrons. The SMILES string of the molecule is CCCCCCCCCCCCCCCCCCCCCCCCCCCCC(=N\c1ccc(N(CC)CC)cc1)/C(CCCCCC)=N/c1ccc(N(CC)CC)cc1.[Ni]. The Morgan fingerprint density at radius 3 is 0.754 bits per heavy atom. The molecule has 0 N–H and O–H groups in total. The number of unbranched alkanes of at least 4 members (excludes halogenated alkanes) is 28. The van der Waals surface area contributed by atoms with E-state index in [0.717, 1.165) is 50.4 Å². The molecule has 0 saturated heterocycles. The number of hydrogen-bond acceptors (Lipinski definition) is 4. The van der Waals surface area contributed by atoms with E-state index >= 15 is 0 Å². The van der Waals surface area contributed by atoms with Gasteiger partial charge in [0.25, 0.3) is 0 Å². The maximum Gasteiger partial charge on any atom is 0.0635 e. The number of aliphatic imine (C=N–C) groups is 2. The Bertz CT molecular complexity index is 1290. The van der Waals surface area contributed by atoms with E-state index in [9.17, 15) is 0 Å². The second kappa shape index (κ2) is 40.6. The molecule has 0 fully saturated rings. The predicted octanol–water partition coefficient (Wildman–Crippen LogP) is 18.7. The summed E-state index contributed by atoms with van der Waals surface area (Å²) in [7, 11) is 0. The minimum atomic E-state index is 0. The summed E-state index contributed by atoms with van der Waals surface area (Å²) in [6.45, 7) is 17.6. The van der Waals surface area contributed by atoms with Crippen LogP contribution >= 0.6 is 0 Å². The number of hydrogen-bond donors (Lipinski definition) is 0. The van der Waals surface area contributed by atoms with Crippen LogP contribution < -0.4 is 9.80 Å². The first-order chi connectivity index (χ1) is 29.6. The first kappa shape index (κ1) is 56.9. The van der Waals surface area contributed by atoms with Crippen molar-refractivity contribution >= 4 is 34.2 Å². The molecule has 0 aliphatic carbocycles. The van der Waals surface area contributed by atoms with Gasteiger partial charge in [-0.25, -0.2) is 0 Å². The molecule has 0 amide bonds. The molecule has 0 aromatic heterocycles. The van der Waals surface area contributed by atoms with E-state index in [1.807, 2.05) is 0 Å². The van der Waals surface area contributed by atoms with Crippen LogP contribution in [0.2, 0.25) is 0 Å². The van der Waals surface area contributed by atoms with Crippen LogP contribution in [-0.2, 0) is 16.5 Å². The average Bonchev–Trinajstić information content (AvgIpc) is 3.27. The van der Waals surface area contributed by atoms with Crippen molar-refractivity contribution in [1.29, 1.82) is 0 Å². The number of nitrogens with zero attached hydrogens (tertiary/aromatic N) is 4. The van der Waals surface area contributed by atoms with Crippen LogP contribution in [0.3, 0.4) is 0 Å². The van der Waals surface area contributed by atoms with E-state index in [1.165, 1.54) is 215 Å². The fraction of sp³-hybridized carbons (Fsp3) is 0.750. The molecule has 2 aromatic rings. The summed E-state index contributed by atoms with van der Waals surface area (Å²) < 4.78 is 0. The van der Waals surface area contributed by atoms with Gasteiger partial charge in [-0.2, -0.15) is 0 Å². The van der Waals surface area contributed by atoms with Crippen molar-refractivity contribution in [3.63, 3.8) is 0 Å². The smallest absolute Gasteiger partial charge is 0.0635 e. The Kier molecular flexibility index (Phi) is 37.9. The van der Waals surface area contributed by atoms with Crippen molar-refractivity contribution in [2.24, 2.45) is 9.98 Å². The fourth-order valence-corrected chi connectivity index (χ4v) is 8.82. The van der Waals surface area contributed by atoms with Crippen LogP contribution in [0.25, 0.3) is 0 Å². The number of rotatable bonds is 41. The van der Waals surface area contributed by atoms with Crippen LogP contribution in [0.4, 0.5) is 22.7 Å². The van der Waals surface area contributed by atoms with Gasteiger partial charge < -0.3 is 9.80 Å². The van der Waals surface area contributed by atoms with Crippen molar-refractivity contribution in [2.75, 3.05) is 36.0 Å². The summed E-state index contributed by atoms with van der Waals surface area (Å²) in [4.78, 5) is 15.5. The first-order valence-corrected chi connectivity index (χ1v) is 26.4. The van der Waals surface area contributed by atoms with Gasteiger partial charge in [0.15, 0.2) is 0 Å². The monoisotopic (exact) mass is 885 g/mol. The fourth-order valence-electron chi connectivity index (χ4n) is 8.82. The van der Waals surface area contributed by atoms with E-state index in [0.29, 0.717) is 0 Å². The van der Waals surface area contributed by atoms with E-state index in [4.69, 9.17) is 9.98 Å². The van der Waals surface area contributed by atoms with Crippen LogP contribution in [0.5, 0.6) is 0 Å². The molecule has 2 aromatic carbocycles. The standard InChI is InChI=1S/C56H98N4.Ni/c1-7-13-15-17-18-19-20-21-22-23-24-25-26-27-28-29-30-31-32-33-34-35-36-37-38-40-42-56(58-52-45-49-54(50-46-52)60(11-5)12-6)55(41-39-16-14-8-2)57-51-43-47-53(48-44-51)59(9-3)10-4;/h43-50H,7-42H2,1-6H3;/b57-55+,58-56+;. The molecule has 0 saturated carbocycles. The van der Waals surface area contributed by atoms with E-state index < -0.39 is 0 Å². The quantitative estimate of drug-likeness (QED) is 0.0378. The molecule has 0 spiro atoms. The van der Waals surface area contributed by atoms with Crippen molar-refractivity contribution in [3.8, 4) is 0 Å². The molecule has 0 atom stereocenters. The summed E-state index contributed by atoms with van der Waals surface area (Å²) in [5.74, 6) is 0. The van der Waals surface area contributed by atoms with Crippen LogP contribution in [0.1, 0.15) is 247 Å². The topological polar surface area (TPSA) is 31.2 Å². The Hall–Kier alpha value is -2.13. The molecule has 0 radical (unpaired) electrons.